The standard InChI is InChI=1S/C17H16F3N5O.C14H10F3N5.C3H7ClO/c1-26-10-9-25-23-16(22-24-25)14-7-2-3-8-15(14)21-13-6-4-5-12(11-13)17(18,19)20;15-14(16,17)9-4-3-5-10(8-9)18-12-7-2-1-6-11(12)13-19-21-22-20-13;1-5-3-2-4/h2-8,11,21H,9-10H2,1H3;1-8,18H,(H,19,20,21,22);2-3H2,1H3. The summed E-state index contributed by atoms with van der Waals surface area (Å²) in [6.45, 7) is 1.55. The molecule has 12 nitrogen and oxygen atoms in total. The van der Waals surface area contributed by atoms with E-state index in [0.717, 1.165) is 24.3 Å². The molecule has 0 spiro atoms. The average Bonchev–Trinajstić information content (AvgIpc) is 3.85. The molecule has 0 unspecified atom stereocenters. The molecular weight excluding hydrogens is 730 g/mol. The minimum atomic E-state index is -4.40. The molecule has 0 bridgehead atoms. The largest absolute Gasteiger partial charge is 0.416 e. The van der Waals surface area contributed by atoms with Crippen molar-refractivity contribution in [2.24, 2.45) is 0 Å². The van der Waals surface area contributed by atoms with E-state index in [0.29, 0.717) is 71.2 Å². The van der Waals surface area contributed by atoms with Crippen LogP contribution < -0.4 is 10.6 Å². The summed E-state index contributed by atoms with van der Waals surface area (Å²) in [6.07, 6.45) is -8.78. The van der Waals surface area contributed by atoms with Gasteiger partial charge < -0.3 is 20.1 Å². The van der Waals surface area contributed by atoms with Crippen molar-refractivity contribution in [1.29, 1.82) is 0 Å². The van der Waals surface area contributed by atoms with Crippen LogP contribution in [0.3, 0.4) is 0 Å². The molecule has 0 saturated carbocycles. The van der Waals surface area contributed by atoms with E-state index in [4.69, 9.17) is 16.3 Å². The number of benzene rings is 4. The van der Waals surface area contributed by atoms with Crippen molar-refractivity contribution in [3.63, 3.8) is 0 Å². The third kappa shape index (κ3) is 12.3. The van der Waals surface area contributed by atoms with Gasteiger partial charge in [-0.2, -0.15) is 36.4 Å². The van der Waals surface area contributed by atoms with E-state index in [1.165, 1.54) is 16.9 Å². The van der Waals surface area contributed by atoms with Crippen molar-refractivity contribution >= 4 is 34.4 Å². The number of halogens is 7. The Morgan fingerprint density at radius 3 is 1.66 bits per heavy atom. The van der Waals surface area contributed by atoms with Crippen LogP contribution in [-0.4, -0.2) is 74.1 Å². The lowest BCUT2D eigenvalue weighted by atomic mass is 10.1. The molecule has 0 fully saturated rings. The van der Waals surface area contributed by atoms with Gasteiger partial charge in [-0.05, 0) is 71.1 Å². The summed E-state index contributed by atoms with van der Waals surface area (Å²) in [4.78, 5) is 1.40. The average molecular weight is 763 g/mol. The normalized spacial score (nSPS) is 11.2. The van der Waals surface area contributed by atoms with Crippen molar-refractivity contribution in [3.8, 4) is 22.8 Å². The first kappa shape index (κ1) is 40.2. The van der Waals surface area contributed by atoms with E-state index in [1.54, 1.807) is 74.9 Å². The van der Waals surface area contributed by atoms with Gasteiger partial charge in [0.15, 0.2) is 0 Å². The van der Waals surface area contributed by atoms with Crippen molar-refractivity contribution < 1.29 is 35.8 Å². The number of rotatable bonds is 11. The molecule has 6 rings (SSSR count). The zero-order chi connectivity index (χ0) is 38.3. The van der Waals surface area contributed by atoms with E-state index in [2.05, 4.69) is 51.4 Å². The van der Waals surface area contributed by atoms with E-state index in [1.807, 2.05) is 0 Å². The van der Waals surface area contributed by atoms with E-state index < -0.39 is 23.5 Å². The van der Waals surface area contributed by atoms with Crippen LogP contribution >= 0.6 is 11.6 Å². The quantitative estimate of drug-likeness (QED) is 0.0873. The fourth-order valence-corrected chi connectivity index (χ4v) is 4.56. The van der Waals surface area contributed by atoms with Gasteiger partial charge in [-0.15, -0.1) is 32.0 Å². The summed E-state index contributed by atoms with van der Waals surface area (Å²) in [5.41, 5.74) is 1.64. The van der Waals surface area contributed by atoms with Gasteiger partial charge in [0.25, 0.3) is 0 Å². The lowest BCUT2D eigenvalue weighted by Gasteiger charge is -2.12. The van der Waals surface area contributed by atoms with Crippen molar-refractivity contribution in [1.82, 2.24) is 40.8 Å². The number of H-pyrrole nitrogens is 1. The maximum Gasteiger partial charge on any atom is 0.416 e. The van der Waals surface area contributed by atoms with Crippen molar-refractivity contribution in [3.05, 3.63) is 108 Å². The van der Waals surface area contributed by atoms with E-state index in [9.17, 15) is 26.3 Å². The van der Waals surface area contributed by atoms with Gasteiger partial charge in [0, 0.05) is 54.0 Å². The van der Waals surface area contributed by atoms with Crippen LogP contribution in [0.1, 0.15) is 11.1 Å². The number of hydrogen-bond acceptors (Lipinski definition) is 10. The number of hydrogen-bond donors (Lipinski definition) is 3. The minimum Gasteiger partial charge on any atom is -0.383 e. The minimum absolute atomic E-state index is 0.319. The number of anilines is 4. The fraction of sp³-hybridized carbons (Fsp3) is 0.235. The Bertz CT molecular complexity index is 1990. The Kier molecular flexibility index (Phi) is 14.6. The predicted octanol–water partition coefficient (Wildman–Crippen LogP) is 8.25. The third-order valence-electron chi connectivity index (χ3n) is 6.85. The molecule has 280 valence electrons. The van der Waals surface area contributed by atoms with E-state index in [-0.39, 0.29) is 0 Å². The van der Waals surface area contributed by atoms with Crippen LogP contribution in [0.15, 0.2) is 97.1 Å². The molecule has 2 heterocycles. The first-order chi connectivity index (χ1) is 25.4. The predicted molar refractivity (Wildman–Crippen MR) is 187 cm³/mol. The second-order valence-corrected chi connectivity index (χ2v) is 11.0. The molecule has 3 N–H and O–H groups in total. The molecule has 0 radical (unpaired) electrons. The topological polar surface area (TPSA) is 141 Å². The lowest BCUT2D eigenvalue weighted by Crippen LogP contribution is -2.07. The second-order valence-electron chi connectivity index (χ2n) is 10.6. The molecule has 0 aliphatic rings. The van der Waals surface area contributed by atoms with Crippen LogP contribution in [-0.2, 0) is 28.4 Å². The Labute approximate surface area is 304 Å². The Balaban J connectivity index is 0.000000212. The summed E-state index contributed by atoms with van der Waals surface area (Å²) >= 11 is 5.18. The van der Waals surface area contributed by atoms with Gasteiger partial charge in [-0.1, -0.05) is 36.4 Å². The number of aromatic amines is 1. The zero-order valence-corrected chi connectivity index (χ0v) is 28.9. The number of ether oxygens (including phenoxy) is 2. The summed E-state index contributed by atoms with van der Waals surface area (Å²) in [7, 11) is 3.20. The highest BCUT2D eigenvalue weighted by Gasteiger charge is 2.31. The first-order valence-electron chi connectivity index (χ1n) is 15.6. The van der Waals surface area contributed by atoms with Gasteiger partial charge >= 0.3 is 12.4 Å². The number of nitrogens with zero attached hydrogens (tertiary/aromatic N) is 7. The monoisotopic (exact) mass is 762 g/mol. The summed E-state index contributed by atoms with van der Waals surface area (Å²) in [5, 5.41) is 31.7. The van der Waals surface area contributed by atoms with Gasteiger partial charge in [-0.25, -0.2) is 0 Å². The summed E-state index contributed by atoms with van der Waals surface area (Å²) in [5.74, 6) is 1.32. The van der Waals surface area contributed by atoms with Crippen LogP contribution in [0.2, 0.25) is 0 Å². The molecule has 0 saturated heterocycles. The molecular formula is C34H33ClF6N10O2. The van der Waals surface area contributed by atoms with Crippen LogP contribution in [0.4, 0.5) is 49.1 Å². The molecule has 53 heavy (non-hydrogen) atoms. The van der Waals surface area contributed by atoms with Crippen LogP contribution in [0.25, 0.3) is 22.8 Å². The maximum absolute atomic E-state index is 12.9. The fourth-order valence-electron chi connectivity index (χ4n) is 4.40. The third-order valence-corrected chi connectivity index (χ3v) is 7.00. The molecule has 0 aliphatic carbocycles. The highest BCUT2D eigenvalue weighted by atomic mass is 35.5. The number of nitrogens with one attached hydrogen (secondary N) is 3. The molecule has 0 aliphatic heterocycles. The highest BCUT2D eigenvalue weighted by molar-refractivity contribution is 6.17. The first-order valence-corrected chi connectivity index (χ1v) is 16.1. The number of para-hydroxylation sites is 2. The van der Waals surface area contributed by atoms with Crippen molar-refractivity contribution in [2.45, 2.75) is 18.9 Å². The molecule has 4 aromatic carbocycles. The maximum atomic E-state index is 12.9. The van der Waals surface area contributed by atoms with Gasteiger partial charge in [-0.3, -0.25) is 0 Å². The van der Waals surface area contributed by atoms with Gasteiger partial charge in [0.1, 0.15) is 0 Å². The second kappa shape index (κ2) is 19.3. The van der Waals surface area contributed by atoms with Crippen molar-refractivity contribution in [2.75, 3.05) is 43.9 Å². The summed E-state index contributed by atoms with van der Waals surface area (Å²) < 4.78 is 86.4. The van der Waals surface area contributed by atoms with Crippen LogP contribution in [0, 0.1) is 0 Å². The Morgan fingerprint density at radius 2 is 1.21 bits per heavy atom. The Morgan fingerprint density at radius 1 is 0.679 bits per heavy atom. The van der Waals surface area contributed by atoms with Crippen LogP contribution in [0.5, 0.6) is 0 Å². The molecule has 0 amide bonds. The number of tetrazole rings is 2. The smallest absolute Gasteiger partial charge is 0.383 e. The zero-order valence-electron chi connectivity index (χ0n) is 28.2. The number of aromatic nitrogens is 8. The lowest BCUT2D eigenvalue weighted by molar-refractivity contribution is -0.138. The number of methoxy groups -OCH3 is 2. The molecule has 19 heteroatoms. The highest BCUT2D eigenvalue weighted by Crippen LogP contribution is 2.34. The number of alkyl halides is 7. The van der Waals surface area contributed by atoms with E-state index >= 15 is 0 Å². The molecule has 6 aromatic rings. The van der Waals surface area contributed by atoms with Gasteiger partial charge in [0.05, 0.1) is 30.9 Å². The Hall–Kier alpha value is -5.59. The van der Waals surface area contributed by atoms with Gasteiger partial charge in [0.2, 0.25) is 11.6 Å². The molecule has 2 aromatic heterocycles. The summed E-state index contributed by atoms with van der Waals surface area (Å²) in [6, 6.07) is 24.1. The SMILES string of the molecule is COCCCl.COCCn1nnc(-c2ccccc2Nc2cccc(C(F)(F)F)c2)n1.FC(F)(F)c1cccc(Nc2ccccc2-c2nn[nH]n2)c1. The molecule has 0 atom stereocenters.